The van der Waals surface area contributed by atoms with E-state index in [1.54, 1.807) is 13.8 Å². The summed E-state index contributed by atoms with van der Waals surface area (Å²) in [5, 5.41) is 6.54. The highest BCUT2D eigenvalue weighted by Crippen LogP contribution is 2.26. The molecule has 1 saturated carbocycles. The van der Waals surface area contributed by atoms with E-state index in [1.165, 1.54) is 0 Å². The zero-order valence-corrected chi connectivity index (χ0v) is 17.5. The van der Waals surface area contributed by atoms with E-state index in [9.17, 15) is 8.42 Å². The van der Waals surface area contributed by atoms with Gasteiger partial charge in [0, 0.05) is 29.6 Å². The maximum atomic E-state index is 12.0. The Kier molecular flexibility index (Phi) is 6.97. The van der Waals surface area contributed by atoms with Gasteiger partial charge in [-0.3, -0.25) is 0 Å². The highest BCUT2D eigenvalue weighted by Gasteiger charge is 2.26. The van der Waals surface area contributed by atoms with Crippen molar-refractivity contribution in [2.75, 3.05) is 17.2 Å². The lowest BCUT2D eigenvalue weighted by molar-refractivity contribution is 0.323. The predicted molar refractivity (Wildman–Crippen MR) is 118 cm³/mol. The van der Waals surface area contributed by atoms with Gasteiger partial charge in [-0.15, -0.1) is 0 Å². The molecule has 0 radical (unpaired) electrons. The molecule has 3 rings (SSSR count). The SMILES string of the molecule is CC(C)S(=O)(=O)NC1CCC(CNc2ccc(Nc3ccccc3)cc2)CC1. The molecule has 0 atom stereocenters. The second kappa shape index (κ2) is 9.43. The first-order valence-electron chi connectivity index (χ1n) is 10.1. The summed E-state index contributed by atoms with van der Waals surface area (Å²) in [6, 6.07) is 18.5. The Morgan fingerprint density at radius 2 is 1.43 bits per heavy atom. The molecular formula is C22H31N3O2S. The van der Waals surface area contributed by atoms with Crippen LogP contribution in [0.2, 0.25) is 0 Å². The minimum Gasteiger partial charge on any atom is -0.385 e. The fraction of sp³-hybridized carbons (Fsp3) is 0.455. The molecule has 1 fully saturated rings. The first kappa shape index (κ1) is 20.7. The largest absolute Gasteiger partial charge is 0.385 e. The standard InChI is InChI=1S/C22H31N3O2S/c1-17(2)28(26,27)25-22-10-8-18(9-11-22)16-23-19-12-14-21(15-13-19)24-20-6-4-3-5-7-20/h3-7,12-15,17-18,22-25H,8-11,16H2,1-2H3. The molecule has 0 saturated heterocycles. The van der Waals surface area contributed by atoms with Gasteiger partial charge in [0.25, 0.3) is 0 Å². The zero-order chi connectivity index (χ0) is 20.0. The zero-order valence-electron chi connectivity index (χ0n) is 16.7. The Hall–Kier alpha value is -2.05. The van der Waals surface area contributed by atoms with Crippen molar-refractivity contribution in [3.63, 3.8) is 0 Å². The number of anilines is 3. The molecule has 2 aromatic carbocycles. The quantitative estimate of drug-likeness (QED) is 0.598. The maximum Gasteiger partial charge on any atom is 0.214 e. The minimum absolute atomic E-state index is 0.0898. The van der Waals surface area contributed by atoms with Crippen LogP contribution in [-0.2, 0) is 10.0 Å². The summed E-state index contributed by atoms with van der Waals surface area (Å²) in [5.41, 5.74) is 3.25. The van der Waals surface area contributed by atoms with Crippen molar-refractivity contribution in [3.8, 4) is 0 Å². The van der Waals surface area contributed by atoms with Crippen LogP contribution in [-0.4, -0.2) is 26.3 Å². The maximum absolute atomic E-state index is 12.0. The van der Waals surface area contributed by atoms with Crippen molar-refractivity contribution in [1.82, 2.24) is 4.72 Å². The molecule has 5 nitrogen and oxygen atoms in total. The van der Waals surface area contributed by atoms with E-state index in [0.717, 1.165) is 49.3 Å². The second-order valence-electron chi connectivity index (χ2n) is 7.88. The van der Waals surface area contributed by atoms with Gasteiger partial charge in [0.15, 0.2) is 0 Å². The Balaban J connectivity index is 1.42. The lowest BCUT2D eigenvalue weighted by Crippen LogP contribution is -2.41. The van der Waals surface area contributed by atoms with Crippen molar-refractivity contribution < 1.29 is 8.42 Å². The van der Waals surface area contributed by atoms with Crippen molar-refractivity contribution >= 4 is 27.1 Å². The fourth-order valence-electron chi connectivity index (χ4n) is 3.47. The average molecular weight is 402 g/mol. The van der Waals surface area contributed by atoms with Crippen molar-refractivity contribution in [3.05, 3.63) is 54.6 Å². The number of para-hydroxylation sites is 1. The molecule has 1 aliphatic carbocycles. The molecule has 1 aliphatic rings. The Bertz CT molecular complexity index is 828. The molecule has 6 heteroatoms. The lowest BCUT2D eigenvalue weighted by Gasteiger charge is -2.29. The van der Waals surface area contributed by atoms with E-state index in [2.05, 4.69) is 39.6 Å². The van der Waals surface area contributed by atoms with E-state index >= 15 is 0 Å². The van der Waals surface area contributed by atoms with Gasteiger partial charge in [-0.25, -0.2) is 13.1 Å². The summed E-state index contributed by atoms with van der Waals surface area (Å²) in [6.45, 7) is 4.37. The van der Waals surface area contributed by atoms with Crippen molar-refractivity contribution in [1.29, 1.82) is 0 Å². The molecule has 0 amide bonds. The third kappa shape index (κ3) is 5.97. The van der Waals surface area contributed by atoms with E-state index in [-0.39, 0.29) is 11.3 Å². The smallest absolute Gasteiger partial charge is 0.214 e. The first-order valence-corrected chi connectivity index (χ1v) is 11.6. The summed E-state index contributed by atoms with van der Waals surface area (Å²) < 4.78 is 26.9. The van der Waals surface area contributed by atoms with Gasteiger partial charge in [-0.05, 0) is 81.8 Å². The van der Waals surface area contributed by atoms with Crippen LogP contribution in [0.3, 0.4) is 0 Å². The summed E-state index contributed by atoms with van der Waals surface area (Å²) in [5.74, 6) is 0.585. The molecule has 2 aromatic rings. The number of benzene rings is 2. The molecule has 3 N–H and O–H groups in total. The van der Waals surface area contributed by atoms with Gasteiger partial charge < -0.3 is 10.6 Å². The molecule has 0 heterocycles. The van der Waals surface area contributed by atoms with Crippen LogP contribution in [0.25, 0.3) is 0 Å². The number of hydrogen-bond acceptors (Lipinski definition) is 4. The second-order valence-corrected chi connectivity index (χ2v) is 10.1. The van der Waals surface area contributed by atoms with Crippen molar-refractivity contribution in [2.45, 2.75) is 50.8 Å². The van der Waals surface area contributed by atoms with Gasteiger partial charge in [-0.2, -0.15) is 0 Å². The van der Waals surface area contributed by atoms with Crippen LogP contribution in [0.4, 0.5) is 17.1 Å². The Morgan fingerprint density at radius 3 is 2.04 bits per heavy atom. The average Bonchev–Trinajstić information content (AvgIpc) is 2.69. The highest BCUT2D eigenvalue weighted by molar-refractivity contribution is 7.90. The Labute approximate surface area is 169 Å². The first-order chi connectivity index (χ1) is 13.4. The molecule has 28 heavy (non-hydrogen) atoms. The minimum atomic E-state index is -3.17. The fourth-order valence-corrected chi connectivity index (χ4v) is 4.45. The van der Waals surface area contributed by atoms with E-state index in [1.807, 2.05) is 30.3 Å². The normalized spacial score (nSPS) is 20.1. The van der Waals surface area contributed by atoms with Crippen LogP contribution in [0.1, 0.15) is 39.5 Å². The molecule has 152 valence electrons. The molecule has 0 aromatic heterocycles. The van der Waals surface area contributed by atoms with Gasteiger partial charge >= 0.3 is 0 Å². The third-order valence-electron chi connectivity index (χ3n) is 5.34. The van der Waals surface area contributed by atoms with Gasteiger partial charge in [0.05, 0.1) is 5.25 Å². The summed E-state index contributed by atoms with van der Waals surface area (Å²) in [7, 11) is -3.17. The monoisotopic (exact) mass is 401 g/mol. The third-order valence-corrected chi connectivity index (χ3v) is 7.24. The van der Waals surface area contributed by atoms with E-state index in [4.69, 9.17) is 0 Å². The molecule has 0 bridgehead atoms. The van der Waals surface area contributed by atoms with Crippen molar-refractivity contribution in [2.24, 2.45) is 5.92 Å². The summed E-state index contributed by atoms with van der Waals surface area (Å²) in [6.07, 6.45) is 3.92. The van der Waals surface area contributed by atoms with Gasteiger partial charge in [0.2, 0.25) is 10.0 Å². The van der Waals surface area contributed by atoms with Gasteiger partial charge in [0.1, 0.15) is 0 Å². The van der Waals surface area contributed by atoms with E-state index < -0.39 is 10.0 Å². The molecule has 0 aliphatic heterocycles. The van der Waals surface area contributed by atoms with Crippen LogP contribution >= 0.6 is 0 Å². The summed E-state index contributed by atoms with van der Waals surface area (Å²) >= 11 is 0. The van der Waals surface area contributed by atoms with Crippen LogP contribution in [0.5, 0.6) is 0 Å². The lowest BCUT2D eigenvalue weighted by atomic mass is 9.86. The number of nitrogens with one attached hydrogen (secondary N) is 3. The molecule has 0 spiro atoms. The van der Waals surface area contributed by atoms with Crippen LogP contribution < -0.4 is 15.4 Å². The van der Waals surface area contributed by atoms with E-state index in [0.29, 0.717) is 5.92 Å². The Morgan fingerprint density at radius 1 is 0.857 bits per heavy atom. The predicted octanol–water partition coefficient (Wildman–Crippen LogP) is 4.73. The van der Waals surface area contributed by atoms with Gasteiger partial charge in [-0.1, -0.05) is 18.2 Å². The number of hydrogen-bond donors (Lipinski definition) is 3. The number of rotatable bonds is 8. The summed E-state index contributed by atoms with van der Waals surface area (Å²) in [4.78, 5) is 0. The topological polar surface area (TPSA) is 70.2 Å². The molecule has 0 unspecified atom stereocenters. The van der Waals surface area contributed by atoms with Crippen LogP contribution in [0.15, 0.2) is 54.6 Å². The number of sulfonamides is 1. The molecular weight excluding hydrogens is 370 g/mol. The highest BCUT2D eigenvalue weighted by atomic mass is 32.2. The van der Waals surface area contributed by atoms with Crippen LogP contribution in [0, 0.1) is 5.92 Å².